The molecule has 0 unspecified atom stereocenters. The maximum absolute atomic E-state index is 12.0. The van der Waals surface area contributed by atoms with Crippen LogP contribution in [0.25, 0.3) is 21.5 Å². The van der Waals surface area contributed by atoms with Crippen LogP contribution in [-0.2, 0) is 29.6 Å². The van der Waals surface area contributed by atoms with Crippen molar-refractivity contribution in [3.8, 4) is 11.5 Å². The number of aliphatic imine (C=N–C) groups is 2. The molecule has 0 radical (unpaired) electrons. The van der Waals surface area contributed by atoms with Gasteiger partial charge in [0.25, 0.3) is 0 Å². The largest absolute Gasteiger partial charge is 2.00 e. The molecule has 4 nitrogen and oxygen atoms in total. The number of fused-ring (bicyclic) bond motifs is 2. The van der Waals surface area contributed by atoms with Crippen molar-refractivity contribution in [2.45, 2.75) is 13.1 Å². The zero-order valence-corrected chi connectivity index (χ0v) is 23.3. The summed E-state index contributed by atoms with van der Waals surface area (Å²) in [6, 6.07) is 42.7. The number of hydrogen-bond acceptors (Lipinski definition) is 4. The van der Waals surface area contributed by atoms with Gasteiger partial charge >= 0.3 is 16.5 Å². The first-order valence-corrected chi connectivity index (χ1v) is 13.1. The van der Waals surface area contributed by atoms with Crippen LogP contribution in [-0.4, -0.2) is 12.4 Å². The second-order valence-corrected chi connectivity index (χ2v) is 9.31. The molecule has 5 heteroatoms. The number of rotatable bonds is 6. The van der Waals surface area contributed by atoms with Crippen molar-refractivity contribution in [3.63, 3.8) is 0 Å². The minimum atomic E-state index is 0. The fraction of sp³-hybridized carbons (Fsp3) is 0.0556. The van der Waals surface area contributed by atoms with Gasteiger partial charge in [0.1, 0.15) is 0 Å². The fourth-order valence-corrected chi connectivity index (χ4v) is 4.47. The van der Waals surface area contributed by atoms with Crippen molar-refractivity contribution in [1.29, 1.82) is 0 Å². The molecular weight excluding hydrogens is 551 g/mol. The van der Waals surface area contributed by atoms with Gasteiger partial charge in [0, 0.05) is 12.4 Å². The van der Waals surface area contributed by atoms with Crippen molar-refractivity contribution in [2.24, 2.45) is 9.98 Å². The first-order chi connectivity index (χ1) is 19.7. The summed E-state index contributed by atoms with van der Waals surface area (Å²) < 4.78 is 0. The predicted molar refractivity (Wildman–Crippen MR) is 162 cm³/mol. The summed E-state index contributed by atoms with van der Waals surface area (Å²) in [4.78, 5) is 8.80. The van der Waals surface area contributed by atoms with E-state index < -0.39 is 0 Å². The van der Waals surface area contributed by atoms with Crippen molar-refractivity contribution >= 4 is 34.0 Å². The van der Waals surface area contributed by atoms with Crippen LogP contribution in [0.15, 0.2) is 143 Å². The standard InChI is InChI=1S/2C18H15NO.Ni/c2*20-18-11-10-15-8-4-5-9-16(15)17(18)13-19-12-14-6-2-1-3-7-14;/h2*1-11,13,20H,12H2;/q;;+2/p-2. The van der Waals surface area contributed by atoms with Crippen LogP contribution in [0.5, 0.6) is 11.5 Å². The van der Waals surface area contributed by atoms with E-state index in [0.717, 1.165) is 32.7 Å². The number of hydrogen-bond donors (Lipinski definition) is 0. The Morgan fingerprint density at radius 1 is 0.439 bits per heavy atom. The van der Waals surface area contributed by atoms with E-state index in [1.165, 1.54) is 0 Å². The third-order valence-corrected chi connectivity index (χ3v) is 6.54. The van der Waals surface area contributed by atoms with Crippen LogP contribution in [0, 0.1) is 0 Å². The van der Waals surface area contributed by atoms with Crippen molar-refractivity contribution in [2.75, 3.05) is 0 Å². The quantitative estimate of drug-likeness (QED) is 0.157. The first-order valence-electron chi connectivity index (χ1n) is 13.1. The van der Waals surface area contributed by atoms with Gasteiger partial charge in [-0.15, -0.1) is 0 Å². The molecule has 6 rings (SSSR count). The van der Waals surface area contributed by atoms with Crippen LogP contribution in [0.2, 0.25) is 0 Å². The molecule has 0 atom stereocenters. The molecule has 0 saturated carbocycles. The van der Waals surface area contributed by atoms with Gasteiger partial charge in [0.05, 0.1) is 13.1 Å². The van der Waals surface area contributed by atoms with Crippen LogP contribution in [0.3, 0.4) is 0 Å². The minimum absolute atomic E-state index is 0. The summed E-state index contributed by atoms with van der Waals surface area (Å²) >= 11 is 0. The third kappa shape index (κ3) is 7.69. The van der Waals surface area contributed by atoms with E-state index in [1.807, 2.05) is 121 Å². The summed E-state index contributed by atoms with van der Waals surface area (Å²) in [5.41, 5.74) is 3.60. The molecule has 0 N–H and O–H groups in total. The van der Waals surface area contributed by atoms with E-state index >= 15 is 0 Å². The monoisotopic (exact) mass is 578 g/mol. The summed E-state index contributed by atoms with van der Waals surface area (Å²) in [7, 11) is 0. The van der Waals surface area contributed by atoms with E-state index in [0.29, 0.717) is 24.2 Å². The Bertz CT molecular complexity index is 1630. The summed E-state index contributed by atoms with van der Waals surface area (Å²) in [5, 5.41) is 28.0. The Kier molecular flexibility index (Phi) is 10.4. The molecule has 0 saturated heterocycles. The van der Waals surface area contributed by atoms with E-state index in [4.69, 9.17) is 0 Å². The molecule has 0 aliphatic rings. The Hall–Kier alpha value is -4.73. The number of benzene rings is 6. The van der Waals surface area contributed by atoms with Gasteiger partial charge in [0.15, 0.2) is 0 Å². The molecule has 0 aromatic heterocycles. The van der Waals surface area contributed by atoms with Crippen molar-refractivity contribution in [3.05, 3.63) is 156 Å². The molecule has 0 spiro atoms. The second-order valence-electron chi connectivity index (χ2n) is 9.31. The molecule has 0 heterocycles. The zero-order valence-electron chi connectivity index (χ0n) is 22.3. The molecule has 6 aromatic carbocycles. The van der Waals surface area contributed by atoms with Crippen molar-refractivity contribution < 1.29 is 26.7 Å². The van der Waals surface area contributed by atoms with E-state index in [1.54, 1.807) is 24.6 Å². The van der Waals surface area contributed by atoms with Gasteiger partial charge < -0.3 is 10.2 Å². The molecule has 0 aliphatic carbocycles. The first kappa shape index (κ1) is 29.3. The predicted octanol–water partition coefficient (Wildman–Crippen LogP) is 7.06. The van der Waals surface area contributed by atoms with Gasteiger partial charge in [-0.3, -0.25) is 9.98 Å². The topological polar surface area (TPSA) is 70.8 Å². The SMILES string of the molecule is [Ni+2].[O-]c1ccc2ccccc2c1C=NCc1ccccc1.[O-]c1ccc2ccccc2c1C=NCc1ccccc1. The van der Waals surface area contributed by atoms with Crippen LogP contribution < -0.4 is 10.2 Å². The summed E-state index contributed by atoms with van der Waals surface area (Å²) in [6.07, 6.45) is 3.38. The average Bonchev–Trinajstić information content (AvgIpc) is 3.01. The molecule has 6 aromatic rings. The number of nitrogens with zero attached hydrogens (tertiary/aromatic N) is 2. The molecule has 0 bridgehead atoms. The maximum Gasteiger partial charge on any atom is 2.00 e. The third-order valence-electron chi connectivity index (χ3n) is 6.54. The van der Waals surface area contributed by atoms with Gasteiger partial charge in [-0.25, -0.2) is 0 Å². The van der Waals surface area contributed by atoms with Gasteiger partial charge in [-0.05, 0) is 43.8 Å². The van der Waals surface area contributed by atoms with E-state index in [2.05, 4.69) is 9.98 Å². The Balaban J connectivity index is 0.000000184. The maximum atomic E-state index is 12.0. The molecule has 0 amide bonds. The van der Waals surface area contributed by atoms with Crippen LogP contribution in [0.1, 0.15) is 22.3 Å². The minimum Gasteiger partial charge on any atom is -0.872 e. The average molecular weight is 579 g/mol. The van der Waals surface area contributed by atoms with E-state index in [9.17, 15) is 10.2 Å². The Morgan fingerprint density at radius 3 is 1.22 bits per heavy atom. The smallest absolute Gasteiger partial charge is 0.872 e. The van der Waals surface area contributed by atoms with Crippen LogP contribution >= 0.6 is 0 Å². The normalized spacial score (nSPS) is 10.9. The van der Waals surface area contributed by atoms with Crippen molar-refractivity contribution in [1.82, 2.24) is 0 Å². The molecular formula is C36H28N2NiO2. The van der Waals surface area contributed by atoms with Gasteiger partial charge in [0.2, 0.25) is 0 Å². The Morgan fingerprint density at radius 2 is 0.805 bits per heavy atom. The second kappa shape index (κ2) is 14.6. The molecule has 0 fully saturated rings. The zero-order chi connectivity index (χ0) is 27.6. The van der Waals surface area contributed by atoms with Gasteiger partial charge in [-0.1, -0.05) is 145 Å². The van der Waals surface area contributed by atoms with Crippen LogP contribution in [0.4, 0.5) is 0 Å². The molecule has 41 heavy (non-hydrogen) atoms. The fourth-order valence-electron chi connectivity index (χ4n) is 4.47. The summed E-state index contributed by atoms with van der Waals surface area (Å²) in [6.45, 7) is 1.17. The Labute approximate surface area is 250 Å². The molecule has 0 aliphatic heterocycles. The summed E-state index contributed by atoms with van der Waals surface area (Å²) in [5.74, 6) is 0.0287. The van der Waals surface area contributed by atoms with Gasteiger partial charge in [-0.2, -0.15) is 0 Å². The molecule has 204 valence electrons. The van der Waals surface area contributed by atoms with E-state index in [-0.39, 0.29) is 28.0 Å².